The Morgan fingerprint density at radius 1 is 1.45 bits per heavy atom. The monoisotopic (exact) mass is 277 g/mol. The van der Waals surface area contributed by atoms with Gasteiger partial charge >= 0.3 is 0 Å². The number of nitriles is 1. The summed E-state index contributed by atoms with van der Waals surface area (Å²) >= 11 is 0. The molecule has 0 spiro atoms. The molecule has 1 heterocycles. The van der Waals surface area contributed by atoms with Gasteiger partial charge in [-0.3, -0.25) is 4.90 Å². The first-order valence-electron chi connectivity index (χ1n) is 6.97. The first-order valence-corrected chi connectivity index (χ1v) is 6.97. The third-order valence-corrected chi connectivity index (χ3v) is 3.55. The highest BCUT2D eigenvalue weighted by molar-refractivity contribution is 5.33. The van der Waals surface area contributed by atoms with E-state index in [1.807, 2.05) is 6.07 Å². The highest BCUT2D eigenvalue weighted by atomic mass is 19.1. The Bertz CT molecular complexity index is 480. The van der Waals surface area contributed by atoms with E-state index in [2.05, 4.69) is 10.2 Å². The zero-order chi connectivity index (χ0) is 14.4. The van der Waals surface area contributed by atoms with E-state index in [4.69, 9.17) is 10.4 Å². The number of benzene rings is 1. The standard InChI is InChI=1S/C15H20FN3O/c16-14-7-12(9-17)6-13(8-14)10-19(4-5-20)11-15-2-1-3-18-15/h6-8,15,18,20H,1-5,10-11H2. The van der Waals surface area contributed by atoms with Gasteiger partial charge in [0.15, 0.2) is 0 Å². The van der Waals surface area contributed by atoms with Gasteiger partial charge in [0, 0.05) is 25.7 Å². The zero-order valence-corrected chi connectivity index (χ0v) is 11.5. The van der Waals surface area contributed by atoms with Crippen molar-refractivity contribution in [1.82, 2.24) is 10.2 Å². The lowest BCUT2D eigenvalue weighted by Gasteiger charge is -2.25. The van der Waals surface area contributed by atoms with E-state index in [1.54, 1.807) is 6.07 Å². The van der Waals surface area contributed by atoms with E-state index in [9.17, 15) is 4.39 Å². The van der Waals surface area contributed by atoms with Crippen molar-refractivity contribution in [2.45, 2.75) is 25.4 Å². The van der Waals surface area contributed by atoms with Gasteiger partial charge in [-0.05, 0) is 43.1 Å². The van der Waals surface area contributed by atoms with Crippen LogP contribution in [-0.4, -0.2) is 42.3 Å². The average molecular weight is 277 g/mol. The molecule has 1 aromatic carbocycles. The van der Waals surface area contributed by atoms with Crippen molar-refractivity contribution in [1.29, 1.82) is 5.26 Å². The third-order valence-electron chi connectivity index (χ3n) is 3.55. The first kappa shape index (κ1) is 14.9. The summed E-state index contributed by atoms with van der Waals surface area (Å²) in [5.74, 6) is -0.387. The van der Waals surface area contributed by atoms with Crippen molar-refractivity contribution in [2.75, 3.05) is 26.2 Å². The van der Waals surface area contributed by atoms with E-state index in [-0.39, 0.29) is 12.4 Å². The van der Waals surface area contributed by atoms with E-state index in [1.165, 1.54) is 18.6 Å². The van der Waals surface area contributed by atoms with Crippen LogP contribution in [0.5, 0.6) is 0 Å². The van der Waals surface area contributed by atoms with Crippen molar-refractivity contribution >= 4 is 0 Å². The molecule has 0 radical (unpaired) electrons. The molecular formula is C15H20FN3O. The molecule has 1 atom stereocenters. The van der Waals surface area contributed by atoms with Gasteiger partial charge in [0.2, 0.25) is 0 Å². The van der Waals surface area contributed by atoms with Crippen molar-refractivity contribution in [3.8, 4) is 6.07 Å². The average Bonchev–Trinajstić information content (AvgIpc) is 2.91. The molecule has 108 valence electrons. The van der Waals surface area contributed by atoms with Gasteiger partial charge in [-0.25, -0.2) is 4.39 Å². The van der Waals surface area contributed by atoms with Gasteiger partial charge < -0.3 is 10.4 Å². The predicted octanol–water partition coefficient (Wildman–Crippen LogP) is 1.24. The minimum absolute atomic E-state index is 0.0765. The highest BCUT2D eigenvalue weighted by Gasteiger charge is 2.18. The minimum atomic E-state index is -0.387. The van der Waals surface area contributed by atoms with Gasteiger partial charge in [0.05, 0.1) is 18.2 Å². The smallest absolute Gasteiger partial charge is 0.124 e. The summed E-state index contributed by atoms with van der Waals surface area (Å²) in [7, 11) is 0. The van der Waals surface area contributed by atoms with Gasteiger partial charge in [-0.15, -0.1) is 0 Å². The molecule has 1 aliphatic rings. The topological polar surface area (TPSA) is 59.3 Å². The maximum Gasteiger partial charge on any atom is 0.124 e. The molecule has 1 saturated heterocycles. The molecule has 1 aliphatic heterocycles. The summed E-state index contributed by atoms with van der Waals surface area (Å²) in [6.45, 7) is 3.05. The Kier molecular flexibility index (Phi) is 5.48. The molecule has 0 aliphatic carbocycles. The molecule has 1 unspecified atom stereocenters. The van der Waals surface area contributed by atoms with Crippen LogP contribution in [0.25, 0.3) is 0 Å². The van der Waals surface area contributed by atoms with Crippen LogP contribution in [0.1, 0.15) is 24.0 Å². The normalized spacial score (nSPS) is 18.4. The maximum absolute atomic E-state index is 13.4. The van der Waals surface area contributed by atoms with Crippen LogP contribution >= 0.6 is 0 Å². The summed E-state index contributed by atoms with van der Waals surface area (Å²) in [5, 5.41) is 21.4. The number of aliphatic hydroxyl groups excluding tert-OH is 1. The Hall–Kier alpha value is -1.48. The number of nitrogens with one attached hydrogen (secondary N) is 1. The minimum Gasteiger partial charge on any atom is -0.395 e. The van der Waals surface area contributed by atoms with E-state index in [0.717, 1.165) is 25.1 Å². The number of nitrogens with zero attached hydrogens (tertiary/aromatic N) is 2. The van der Waals surface area contributed by atoms with Gasteiger partial charge in [-0.1, -0.05) is 0 Å². The molecule has 0 amide bonds. The number of hydrogen-bond donors (Lipinski definition) is 2. The lowest BCUT2D eigenvalue weighted by atomic mass is 10.1. The summed E-state index contributed by atoms with van der Waals surface area (Å²) < 4.78 is 13.4. The van der Waals surface area contributed by atoms with E-state index >= 15 is 0 Å². The largest absolute Gasteiger partial charge is 0.395 e. The molecule has 0 aromatic heterocycles. The molecular weight excluding hydrogens is 257 g/mol. The van der Waals surface area contributed by atoms with Crippen LogP contribution in [0.15, 0.2) is 18.2 Å². The number of halogens is 1. The van der Waals surface area contributed by atoms with Gasteiger partial charge in [-0.2, -0.15) is 5.26 Å². The molecule has 0 bridgehead atoms. The lowest BCUT2D eigenvalue weighted by Crippen LogP contribution is -2.38. The second-order valence-electron chi connectivity index (χ2n) is 5.21. The van der Waals surface area contributed by atoms with Crippen molar-refractivity contribution < 1.29 is 9.50 Å². The Morgan fingerprint density at radius 2 is 2.30 bits per heavy atom. The van der Waals surface area contributed by atoms with Crippen molar-refractivity contribution in [3.63, 3.8) is 0 Å². The molecule has 5 heteroatoms. The summed E-state index contributed by atoms with van der Waals surface area (Å²) in [5.41, 5.74) is 1.11. The van der Waals surface area contributed by atoms with Crippen LogP contribution in [0, 0.1) is 17.1 Å². The van der Waals surface area contributed by atoms with Crippen LogP contribution in [0.2, 0.25) is 0 Å². The van der Waals surface area contributed by atoms with Crippen LogP contribution in [0.3, 0.4) is 0 Å². The molecule has 2 rings (SSSR count). The van der Waals surface area contributed by atoms with E-state index in [0.29, 0.717) is 24.7 Å². The van der Waals surface area contributed by atoms with Crippen molar-refractivity contribution in [3.05, 3.63) is 35.1 Å². The molecule has 20 heavy (non-hydrogen) atoms. The fraction of sp³-hybridized carbons (Fsp3) is 0.533. The number of rotatable bonds is 6. The lowest BCUT2D eigenvalue weighted by molar-refractivity contribution is 0.179. The summed E-state index contributed by atoms with van der Waals surface area (Å²) in [6, 6.07) is 6.79. The molecule has 1 aromatic rings. The highest BCUT2D eigenvalue weighted by Crippen LogP contribution is 2.13. The second kappa shape index (κ2) is 7.34. The Labute approximate surface area is 118 Å². The summed E-state index contributed by atoms with van der Waals surface area (Å²) in [6.07, 6.45) is 2.31. The molecule has 1 fully saturated rings. The van der Waals surface area contributed by atoms with Crippen molar-refractivity contribution in [2.24, 2.45) is 0 Å². The molecule has 0 saturated carbocycles. The molecule has 2 N–H and O–H groups in total. The number of hydrogen-bond acceptors (Lipinski definition) is 4. The maximum atomic E-state index is 13.4. The van der Waals surface area contributed by atoms with Gasteiger partial charge in [0.25, 0.3) is 0 Å². The van der Waals surface area contributed by atoms with Crippen LogP contribution in [-0.2, 0) is 6.54 Å². The zero-order valence-electron chi connectivity index (χ0n) is 11.5. The third kappa shape index (κ3) is 4.27. The summed E-state index contributed by atoms with van der Waals surface area (Å²) in [4.78, 5) is 2.10. The van der Waals surface area contributed by atoms with E-state index < -0.39 is 0 Å². The van der Waals surface area contributed by atoms with Gasteiger partial charge in [0.1, 0.15) is 5.82 Å². The fourth-order valence-corrected chi connectivity index (χ4v) is 2.66. The quantitative estimate of drug-likeness (QED) is 0.821. The molecule has 4 nitrogen and oxygen atoms in total. The van der Waals surface area contributed by atoms with Crippen LogP contribution in [0.4, 0.5) is 4.39 Å². The SMILES string of the molecule is N#Cc1cc(F)cc(CN(CCO)CC2CCCN2)c1. The Morgan fingerprint density at radius 3 is 2.95 bits per heavy atom. The number of aliphatic hydroxyl groups is 1. The van der Waals surface area contributed by atoms with Crippen LogP contribution < -0.4 is 5.32 Å². The second-order valence-corrected chi connectivity index (χ2v) is 5.21. The predicted molar refractivity (Wildman–Crippen MR) is 74.5 cm³/mol. The Balaban J connectivity index is 2.03. The first-order chi connectivity index (χ1) is 9.71. The fourth-order valence-electron chi connectivity index (χ4n) is 2.66.